The molecule has 10 nitrogen and oxygen atoms in total. The molecule has 14 heteroatoms. The minimum atomic E-state index is -5.08. The lowest BCUT2D eigenvalue weighted by Crippen LogP contribution is -2.52. The standard InChI is InChI=1S/C26H31N5O3S.C2HF3O2/c1-31-13-12-26(18-6-9-22(33-2)23(14-18)34-3)11-10-20(15-24(26)31)28-25(32)27-19-7-4-17(5-8-19)21-16-35-30-29-21;3-2(4,5)1(6)7/h4-9,14,16,20,24H,10-13,15H2,1-3H3,(H2,27,28,32);(H,6,7). The number of carbonyl (C=O) groups excluding carboxylic acids is 1. The molecule has 226 valence electrons. The Bertz CT molecular complexity index is 1370. The second kappa shape index (κ2) is 12.9. The zero-order chi connectivity index (χ0) is 30.5. The highest BCUT2D eigenvalue weighted by molar-refractivity contribution is 7.03. The van der Waals surface area contributed by atoms with Crippen molar-refractivity contribution in [2.45, 2.75) is 49.4 Å². The van der Waals surface area contributed by atoms with E-state index in [9.17, 15) is 18.0 Å². The Balaban J connectivity index is 0.000000517. The van der Waals surface area contributed by atoms with Gasteiger partial charge >= 0.3 is 18.2 Å². The maximum atomic E-state index is 12.8. The summed E-state index contributed by atoms with van der Waals surface area (Å²) in [5, 5.41) is 19.3. The molecule has 0 radical (unpaired) electrons. The third kappa shape index (κ3) is 6.93. The molecule has 2 heterocycles. The molecule has 5 rings (SSSR count). The van der Waals surface area contributed by atoms with Gasteiger partial charge < -0.3 is 30.1 Å². The lowest BCUT2D eigenvalue weighted by atomic mass is 9.65. The summed E-state index contributed by atoms with van der Waals surface area (Å²) in [6.45, 7) is 1.04. The van der Waals surface area contributed by atoms with Gasteiger partial charge in [0.05, 0.1) is 14.2 Å². The summed E-state index contributed by atoms with van der Waals surface area (Å²) in [5.74, 6) is -1.24. The van der Waals surface area contributed by atoms with Crippen LogP contribution in [0.3, 0.4) is 0 Å². The molecule has 2 aromatic carbocycles. The van der Waals surface area contributed by atoms with Gasteiger partial charge in [-0.1, -0.05) is 22.7 Å². The molecule has 1 aliphatic heterocycles. The van der Waals surface area contributed by atoms with Gasteiger partial charge in [-0.25, -0.2) is 9.59 Å². The second-order valence-corrected chi connectivity index (χ2v) is 10.8. The SMILES string of the molecule is COc1ccc(C23CCC(NC(=O)Nc4ccc(-c5csnn5)cc4)CC2N(C)CC3)cc1OC.O=C(O)C(F)(F)F. The number of aromatic nitrogens is 2. The Labute approximate surface area is 245 Å². The number of carbonyl (C=O) groups is 2. The zero-order valence-electron chi connectivity index (χ0n) is 23.3. The summed E-state index contributed by atoms with van der Waals surface area (Å²) in [6.07, 6.45) is -1.13. The number of anilines is 1. The molecule has 1 aromatic heterocycles. The molecular weight excluding hydrogens is 575 g/mol. The number of halogens is 3. The fourth-order valence-corrected chi connectivity index (χ4v) is 6.23. The highest BCUT2D eigenvalue weighted by atomic mass is 32.1. The molecule has 2 amide bonds. The molecular formula is C28H32F3N5O5S. The number of fused-ring (bicyclic) bond motifs is 1. The number of likely N-dealkylation sites (tertiary alicyclic amines) is 1. The Morgan fingerprint density at radius 2 is 1.79 bits per heavy atom. The largest absolute Gasteiger partial charge is 0.493 e. The fourth-order valence-electron chi connectivity index (χ4n) is 5.76. The fraction of sp³-hybridized carbons (Fsp3) is 0.429. The van der Waals surface area contributed by atoms with Crippen LogP contribution in [-0.4, -0.2) is 77.7 Å². The predicted octanol–water partition coefficient (Wildman–Crippen LogP) is 5.17. The summed E-state index contributed by atoms with van der Waals surface area (Å²) in [4.78, 5) is 24.1. The molecule has 3 unspecified atom stereocenters. The van der Waals surface area contributed by atoms with E-state index in [0.29, 0.717) is 6.04 Å². The van der Waals surface area contributed by atoms with Crippen LogP contribution in [0.15, 0.2) is 47.8 Å². The van der Waals surface area contributed by atoms with Crippen LogP contribution in [0.5, 0.6) is 11.5 Å². The van der Waals surface area contributed by atoms with Crippen LogP contribution in [0.4, 0.5) is 23.7 Å². The van der Waals surface area contributed by atoms with Crippen molar-refractivity contribution in [2.24, 2.45) is 0 Å². The lowest BCUT2D eigenvalue weighted by Gasteiger charge is -2.45. The Kier molecular flexibility index (Phi) is 9.57. The summed E-state index contributed by atoms with van der Waals surface area (Å²) >= 11 is 1.32. The molecule has 1 aliphatic carbocycles. The first-order chi connectivity index (χ1) is 20.0. The molecule has 3 N–H and O–H groups in total. The van der Waals surface area contributed by atoms with Gasteiger partial charge in [0, 0.05) is 34.1 Å². The van der Waals surface area contributed by atoms with Crippen molar-refractivity contribution in [1.82, 2.24) is 19.8 Å². The number of likely N-dealkylation sites (N-methyl/N-ethyl adjacent to an activating group) is 1. The van der Waals surface area contributed by atoms with Gasteiger partial charge in [-0.2, -0.15) is 13.2 Å². The summed E-state index contributed by atoms with van der Waals surface area (Å²) < 4.78 is 46.7. The van der Waals surface area contributed by atoms with Crippen LogP contribution in [-0.2, 0) is 10.2 Å². The summed E-state index contributed by atoms with van der Waals surface area (Å²) in [5.41, 5.74) is 3.92. The maximum Gasteiger partial charge on any atom is 0.490 e. The van der Waals surface area contributed by atoms with Crippen LogP contribution < -0.4 is 20.1 Å². The molecule has 2 fully saturated rings. The molecule has 1 saturated carbocycles. The van der Waals surface area contributed by atoms with Crippen LogP contribution >= 0.6 is 11.5 Å². The monoisotopic (exact) mass is 607 g/mol. The van der Waals surface area contributed by atoms with Gasteiger partial charge in [0.15, 0.2) is 11.5 Å². The quantitative estimate of drug-likeness (QED) is 0.351. The van der Waals surface area contributed by atoms with E-state index in [1.807, 2.05) is 35.7 Å². The number of nitrogens with zero attached hydrogens (tertiary/aromatic N) is 3. The molecule has 0 spiro atoms. The number of nitrogens with one attached hydrogen (secondary N) is 2. The summed E-state index contributed by atoms with van der Waals surface area (Å²) in [7, 11) is 5.53. The number of amides is 2. The molecule has 1 saturated heterocycles. The molecule has 3 aromatic rings. The number of methoxy groups -OCH3 is 2. The van der Waals surface area contributed by atoms with E-state index in [0.717, 1.165) is 60.7 Å². The third-order valence-electron chi connectivity index (χ3n) is 7.86. The first kappa shape index (κ1) is 31.0. The second-order valence-electron chi connectivity index (χ2n) is 10.2. The number of benzene rings is 2. The van der Waals surface area contributed by atoms with Gasteiger partial charge in [-0.15, -0.1) is 5.10 Å². The first-order valence-electron chi connectivity index (χ1n) is 13.1. The average Bonchev–Trinajstić information content (AvgIpc) is 3.62. The number of carboxylic acids is 1. The number of hydrogen-bond acceptors (Lipinski definition) is 8. The van der Waals surface area contributed by atoms with Crippen LogP contribution in [0, 0.1) is 0 Å². The number of hydrogen-bond donors (Lipinski definition) is 3. The third-order valence-corrected chi connectivity index (χ3v) is 8.37. The Hall–Kier alpha value is -3.91. The van der Waals surface area contributed by atoms with Crippen LogP contribution in [0.25, 0.3) is 11.3 Å². The number of urea groups is 1. The topological polar surface area (TPSA) is 126 Å². The minimum Gasteiger partial charge on any atom is -0.493 e. The van der Waals surface area contributed by atoms with E-state index in [2.05, 4.69) is 44.3 Å². The van der Waals surface area contributed by atoms with Crippen molar-refractivity contribution >= 4 is 29.2 Å². The average molecular weight is 608 g/mol. The number of carboxylic acid groups (broad SMARTS) is 1. The van der Waals surface area contributed by atoms with Gasteiger partial charge in [-0.3, -0.25) is 0 Å². The maximum absolute atomic E-state index is 12.8. The van der Waals surface area contributed by atoms with Gasteiger partial charge in [-0.05, 0) is 80.6 Å². The van der Waals surface area contributed by atoms with Crippen molar-refractivity contribution in [2.75, 3.05) is 33.1 Å². The van der Waals surface area contributed by atoms with E-state index in [1.54, 1.807) is 14.2 Å². The molecule has 2 aliphatic rings. The normalized spacial score (nSPS) is 21.9. The van der Waals surface area contributed by atoms with E-state index < -0.39 is 12.1 Å². The van der Waals surface area contributed by atoms with E-state index in [1.165, 1.54) is 17.1 Å². The Morgan fingerprint density at radius 3 is 2.38 bits per heavy atom. The van der Waals surface area contributed by atoms with E-state index in [-0.39, 0.29) is 17.5 Å². The van der Waals surface area contributed by atoms with Gasteiger partial charge in [0.25, 0.3) is 0 Å². The van der Waals surface area contributed by atoms with Crippen molar-refractivity contribution in [1.29, 1.82) is 0 Å². The highest BCUT2D eigenvalue weighted by Crippen LogP contribution is 2.49. The van der Waals surface area contributed by atoms with Gasteiger partial charge in [0.1, 0.15) is 5.69 Å². The lowest BCUT2D eigenvalue weighted by molar-refractivity contribution is -0.192. The van der Waals surface area contributed by atoms with Crippen molar-refractivity contribution in [3.8, 4) is 22.8 Å². The minimum absolute atomic E-state index is 0.0589. The predicted molar refractivity (Wildman–Crippen MR) is 151 cm³/mol. The van der Waals surface area contributed by atoms with E-state index >= 15 is 0 Å². The number of rotatable bonds is 6. The smallest absolute Gasteiger partial charge is 0.490 e. The van der Waals surface area contributed by atoms with Crippen molar-refractivity contribution < 1.29 is 37.3 Å². The first-order valence-corrected chi connectivity index (χ1v) is 14.0. The number of aliphatic carboxylic acids is 1. The van der Waals surface area contributed by atoms with Crippen LogP contribution in [0.2, 0.25) is 0 Å². The Morgan fingerprint density at radius 1 is 1.10 bits per heavy atom. The van der Waals surface area contributed by atoms with Crippen molar-refractivity contribution in [3.05, 3.63) is 53.4 Å². The zero-order valence-corrected chi connectivity index (χ0v) is 24.1. The summed E-state index contributed by atoms with van der Waals surface area (Å²) in [6, 6.07) is 14.3. The molecule has 0 bridgehead atoms. The van der Waals surface area contributed by atoms with E-state index in [4.69, 9.17) is 19.4 Å². The number of alkyl halides is 3. The molecule has 42 heavy (non-hydrogen) atoms. The van der Waals surface area contributed by atoms with Crippen LogP contribution in [0.1, 0.15) is 31.2 Å². The van der Waals surface area contributed by atoms with Crippen molar-refractivity contribution in [3.63, 3.8) is 0 Å². The number of ether oxygens (including phenoxy) is 2. The van der Waals surface area contributed by atoms with Gasteiger partial charge in [0.2, 0.25) is 0 Å². The molecule has 3 atom stereocenters. The highest BCUT2D eigenvalue weighted by Gasteiger charge is 2.50.